The number of ether oxygens (including phenoxy) is 1. The van der Waals surface area contributed by atoms with E-state index in [-0.39, 0.29) is 24.0 Å². The van der Waals surface area contributed by atoms with Crippen LogP contribution in [0.3, 0.4) is 0 Å². The van der Waals surface area contributed by atoms with Gasteiger partial charge in [0.05, 0.1) is 6.10 Å². The first-order valence-electron chi connectivity index (χ1n) is 9.20. The van der Waals surface area contributed by atoms with E-state index in [0.29, 0.717) is 13.1 Å². The average Bonchev–Trinajstić information content (AvgIpc) is 3.11. The lowest BCUT2D eigenvalue weighted by molar-refractivity contribution is -0.125. The molecule has 1 saturated heterocycles. The Hall–Kier alpha value is -2.24. The Morgan fingerprint density at radius 3 is 2.76 bits per heavy atom. The maximum atomic E-state index is 12.2. The highest BCUT2D eigenvalue weighted by molar-refractivity contribution is 5.87. The van der Waals surface area contributed by atoms with Crippen LogP contribution in [0.4, 0.5) is 4.79 Å². The summed E-state index contributed by atoms with van der Waals surface area (Å²) in [4.78, 5) is 24.1. The van der Waals surface area contributed by atoms with Crippen molar-refractivity contribution in [2.75, 3.05) is 6.54 Å². The molecule has 0 spiro atoms. The van der Waals surface area contributed by atoms with Crippen LogP contribution in [0.1, 0.15) is 44.6 Å². The summed E-state index contributed by atoms with van der Waals surface area (Å²) in [7, 11) is 0. The van der Waals surface area contributed by atoms with Crippen LogP contribution in [-0.2, 0) is 11.3 Å². The number of para-hydroxylation sites is 1. The summed E-state index contributed by atoms with van der Waals surface area (Å²) in [5.41, 5.74) is 0.950. The average molecular weight is 345 g/mol. The van der Waals surface area contributed by atoms with Crippen molar-refractivity contribution in [1.82, 2.24) is 16.0 Å². The molecule has 3 amide bonds. The molecule has 1 aliphatic heterocycles. The molecule has 0 aromatic heterocycles. The van der Waals surface area contributed by atoms with E-state index in [9.17, 15) is 9.59 Å². The Morgan fingerprint density at radius 2 is 2.00 bits per heavy atom. The molecule has 3 rings (SSSR count). The zero-order valence-corrected chi connectivity index (χ0v) is 14.7. The summed E-state index contributed by atoms with van der Waals surface area (Å²) < 4.78 is 6.09. The Bertz CT molecular complexity index is 614. The second-order valence-corrected chi connectivity index (χ2v) is 6.99. The molecule has 6 nitrogen and oxygen atoms in total. The normalized spacial score (nSPS) is 23.8. The molecule has 25 heavy (non-hydrogen) atoms. The van der Waals surface area contributed by atoms with Gasteiger partial charge in [-0.3, -0.25) is 4.79 Å². The van der Waals surface area contributed by atoms with Gasteiger partial charge in [0.2, 0.25) is 5.91 Å². The number of nitrogens with one attached hydrogen (secondary N) is 3. The van der Waals surface area contributed by atoms with Gasteiger partial charge in [-0.2, -0.15) is 0 Å². The molecular formula is C19H27N3O3. The first kappa shape index (κ1) is 17.6. The zero-order valence-electron chi connectivity index (χ0n) is 14.7. The quantitative estimate of drug-likeness (QED) is 0.766. The van der Waals surface area contributed by atoms with Gasteiger partial charge in [-0.05, 0) is 44.1 Å². The standard InChI is InChI=1S/C19H27N3O3/c1-13-10-11-20-18(23)17(13)22-19(24)21-12-14-6-2-5-9-16(14)25-15-7-3-4-8-15/h2,5-6,9,13,15,17H,3-4,7-8,10-12H2,1H3,(H,20,23)(H2,21,22,24). The first-order valence-corrected chi connectivity index (χ1v) is 9.20. The summed E-state index contributed by atoms with van der Waals surface area (Å²) in [5, 5.41) is 8.41. The topological polar surface area (TPSA) is 79.5 Å². The molecule has 2 aliphatic rings. The number of piperidine rings is 1. The number of urea groups is 1. The molecule has 3 N–H and O–H groups in total. The minimum Gasteiger partial charge on any atom is -0.490 e. The third-order valence-electron chi connectivity index (χ3n) is 5.04. The molecule has 2 atom stereocenters. The molecule has 136 valence electrons. The van der Waals surface area contributed by atoms with Crippen molar-refractivity contribution in [2.24, 2.45) is 5.92 Å². The summed E-state index contributed by atoms with van der Waals surface area (Å²) >= 11 is 0. The molecule has 2 unspecified atom stereocenters. The van der Waals surface area contributed by atoms with Gasteiger partial charge in [-0.1, -0.05) is 25.1 Å². The number of hydrogen-bond acceptors (Lipinski definition) is 3. The second kappa shape index (κ2) is 8.23. The van der Waals surface area contributed by atoms with Gasteiger partial charge in [-0.15, -0.1) is 0 Å². The van der Waals surface area contributed by atoms with Crippen LogP contribution in [-0.4, -0.2) is 30.6 Å². The highest BCUT2D eigenvalue weighted by atomic mass is 16.5. The van der Waals surface area contributed by atoms with Crippen molar-refractivity contribution in [2.45, 2.75) is 57.7 Å². The van der Waals surface area contributed by atoms with Gasteiger partial charge in [0.1, 0.15) is 11.8 Å². The van der Waals surface area contributed by atoms with Crippen molar-refractivity contribution < 1.29 is 14.3 Å². The van der Waals surface area contributed by atoms with E-state index in [2.05, 4.69) is 16.0 Å². The number of amides is 3. The predicted octanol–water partition coefficient (Wildman–Crippen LogP) is 2.33. The van der Waals surface area contributed by atoms with Gasteiger partial charge in [0, 0.05) is 18.7 Å². The van der Waals surface area contributed by atoms with Crippen LogP contribution in [0.15, 0.2) is 24.3 Å². The van der Waals surface area contributed by atoms with E-state index in [1.165, 1.54) is 12.8 Å². The Kier molecular flexibility index (Phi) is 5.79. The lowest BCUT2D eigenvalue weighted by atomic mass is 9.94. The van der Waals surface area contributed by atoms with Gasteiger partial charge in [-0.25, -0.2) is 4.79 Å². The number of rotatable bonds is 5. The van der Waals surface area contributed by atoms with Crippen LogP contribution in [0.5, 0.6) is 5.75 Å². The lowest BCUT2D eigenvalue weighted by Gasteiger charge is -2.29. The minimum atomic E-state index is -0.473. The fourth-order valence-corrected chi connectivity index (χ4v) is 3.48. The molecule has 2 fully saturated rings. The summed E-state index contributed by atoms with van der Waals surface area (Å²) in [6.07, 6.45) is 5.77. The van der Waals surface area contributed by atoms with Crippen molar-refractivity contribution in [3.8, 4) is 5.75 Å². The zero-order chi connectivity index (χ0) is 17.6. The van der Waals surface area contributed by atoms with E-state index in [1.54, 1.807) is 0 Å². The molecule has 1 aliphatic carbocycles. The number of benzene rings is 1. The van der Waals surface area contributed by atoms with Gasteiger partial charge >= 0.3 is 6.03 Å². The van der Waals surface area contributed by atoms with Crippen LogP contribution < -0.4 is 20.7 Å². The smallest absolute Gasteiger partial charge is 0.315 e. The molecule has 0 radical (unpaired) electrons. The van der Waals surface area contributed by atoms with Crippen molar-refractivity contribution in [1.29, 1.82) is 0 Å². The van der Waals surface area contributed by atoms with Crippen molar-refractivity contribution in [3.63, 3.8) is 0 Å². The lowest BCUT2D eigenvalue weighted by Crippen LogP contribution is -2.56. The van der Waals surface area contributed by atoms with E-state index in [0.717, 1.165) is 30.6 Å². The molecule has 1 saturated carbocycles. The largest absolute Gasteiger partial charge is 0.490 e. The summed E-state index contributed by atoms with van der Waals surface area (Å²) in [6.45, 7) is 3.03. The molecule has 1 heterocycles. The Morgan fingerprint density at radius 1 is 1.24 bits per heavy atom. The summed E-state index contributed by atoms with van der Waals surface area (Å²) in [6, 6.07) is 6.99. The van der Waals surface area contributed by atoms with Crippen LogP contribution >= 0.6 is 0 Å². The highest BCUT2D eigenvalue weighted by Crippen LogP contribution is 2.26. The van der Waals surface area contributed by atoms with E-state index in [1.807, 2.05) is 31.2 Å². The second-order valence-electron chi connectivity index (χ2n) is 6.99. The Balaban J connectivity index is 1.54. The fourth-order valence-electron chi connectivity index (χ4n) is 3.48. The SMILES string of the molecule is CC1CCNC(=O)C1NC(=O)NCc1ccccc1OC1CCCC1. The first-order chi connectivity index (χ1) is 12.1. The molecule has 1 aromatic rings. The predicted molar refractivity (Wildman–Crippen MR) is 95.3 cm³/mol. The number of hydrogen-bond donors (Lipinski definition) is 3. The van der Waals surface area contributed by atoms with Crippen LogP contribution in [0.2, 0.25) is 0 Å². The molecule has 6 heteroatoms. The summed E-state index contributed by atoms with van der Waals surface area (Å²) in [5.74, 6) is 0.856. The minimum absolute atomic E-state index is 0.112. The monoisotopic (exact) mass is 345 g/mol. The third-order valence-corrected chi connectivity index (χ3v) is 5.04. The maximum Gasteiger partial charge on any atom is 0.315 e. The van der Waals surface area contributed by atoms with Gasteiger partial charge < -0.3 is 20.7 Å². The number of carbonyl (C=O) groups excluding carboxylic acids is 2. The Labute approximate surface area is 148 Å². The van der Waals surface area contributed by atoms with Crippen molar-refractivity contribution >= 4 is 11.9 Å². The highest BCUT2D eigenvalue weighted by Gasteiger charge is 2.30. The van der Waals surface area contributed by atoms with Crippen LogP contribution in [0, 0.1) is 5.92 Å². The molecule has 0 bridgehead atoms. The van der Waals surface area contributed by atoms with E-state index in [4.69, 9.17) is 4.74 Å². The van der Waals surface area contributed by atoms with Gasteiger partial charge in [0.25, 0.3) is 0 Å². The number of carbonyl (C=O) groups is 2. The van der Waals surface area contributed by atoms with E-state index < -0.39 is 6.04 Å². The fraction of sp³-hybridized carbons (Fsp3) is 0.579. The molecular weight excluding hydrogens is 318 g/mol. The van der Waals surface area contributed by atoms with Gasteiger partial charge in [0.15, 0.2) is 0 Å². The third kappa shape index (κ3) is 4.65. The van der Waals surface area contributed by atoms with Crippen LogP contribution in [0.25, 0.3) is 0 Å². The van der Waals surface area contributed by atoms with Crippen molar-refractivity contribution in [3.05, 3.63) is 29.8 Å². The molecule has 1 aromatic carbocycles. The van der Waals surface area contributed by atoms with E-state index >= 15 is 0 Å². The maximum absolute atomic E-state index is 12.2.